The van der Waals surface area contributed by atoms with E-state index in [2.05, 4.69) is 5.10 Å². The first-order chi connectivity index (χ1) is 22.8. The second-order valence-electron chi connectivity index (χ2n) is 13.3. The molecule has 12 heteroatoms. The fourth-order valence-corrected chi connectivity index (χ4v) is 8.50. The molecule has 0 N–H and O–H groups in total. The largest absolute Gasteiger partial charge is 0.455 e. The van der Waals surface area contributed by atoms with Crippen molar-refractivity contribution < 1.29 is 32.2 Å². The monoisotopic (exact) mass is 695 g/mol. The fourth-order valence-electron chi connectivity index (χ4n) is 6.04. The van der Waals surface area contributed by atoms with Crippen LogP contribution in [-0.2, 0) is 15.4 Å². The van der Waals surface area contributed by atoms with E-state index >= 15 is 0 Å². The molecule has 252 valence electrons. The van der Waals surface area contributed by atoms with Gasteiger partial charge in [-0.3, -0.25) is 0 Å². The number of ether oxygens (including phenoxy) is 3. The Morgan fingerprint density at radius 3 is 2.48 bits per heavy atom. The zero-order valence-electron chi connectivity index (χ0n) is 27.1. The molecule has 0 saturated carbocycles. The Morgan fingerprint density at radius 1 is 1.02 bits per heavy atom. The van der Waals surface area contributed by atoms with E-state index in [9.17, 15) is 18.0 Å². The third-order valence-corrected chi connectivity index (χ3v) is 10.8. The van der Waals surface area contributed by atoms with Gasteiger partial charge in [-0.25, -0.2) is 22.6 Å². The maximum absolute atomic E-state index is 14.9. The highest BCUT2D eigenvalue weighted by Crippen LogP contribution is 2.51. The summed E-state index contributed by atoms with van der Waals surface area (Å²) >= 11 is 3.00. The quantitative estimate of drug-likeness (QED) is 0.169. The number of hydrogen-bond acceptors (Lipinski definition) is 7. The van der Waals surface area contributed by atoms with Gasteiger partial charge < -0.3 is 19.1 Å². The zero-order valence-corrected chi connectivity index (χ0v) is 28.7. The second-order valence-corrected chi connectivity index (χ2v) is 15.7. The van der Waals surface area contributed by atoms with Crippen LogP contribution in [0.2, 0.25) is 0 Å². The molecule has 3 aromatic carbocycles. The molecule has 2 fully saturated rings. The lowest BCUT2D eigenvalue weighted by molar-refractivity contribution is -0.0366. The van der Waals surface area contributed by atoms with E-state index in [0.717, 1.165) is 58.1 Å². The smallest absolute Gasteiger partial charge is 0.410 e. The minimum Gasteiger partial charge on any atom is -0.455 e. The number of alkyl halides is 2. The number of carbonyl (C=O) groups is 1. The number of thioether (sulfide) groups is 1. The number of fused-ring (bicyclic) bond motifs is 3. The lowest BCUT2D eigenvalue weighted by Gasteiger charge is -2.39. The number of halogens is 3. The third-order valence-electron chi connectivity index (χ3n) is 8.36. The normalized spacial score (nSPS) is 17.6. The van der Waals surface area contributed by atoms with Crippen LogP contribution in [0.3, 0.4) is 0 Å². The summed E-state index contributed by atoms with van der Waals surface area (Å²) in [5, 5.41) is 6.52. The van der Waals surface area contributed by atoms with Crippen LogP contribution in [0.5, 0.6) is 11.5 Å². The van der Waals surface area contributed by atoms with E-state index in [4.69, 9.17) is 14.2 Å². The number of benzene rings is 3. The number of rotatable bonds is 7. The van der Waals surface area contributed by atoms with Crippen LogP contribution in [0.15, 0.2) is 65.7 Å². The summed E-state index contributed by atoms with van der Waals surface area (Å²) in [4.78, 5) is 15.5. The number of nitrogens with zero attached hydrogens (tertiary/aromatic N) is 3. The van der Waals surface area contributed by atoms with Crippen LogP contribution in [0.25, 0.3) is 31.4 Å². The number of aromatic nitrogens is 2. The highest BCUT2D eigenvalue weighted by Gasteiger charge is 2.35. The van der Waals surface area contributed by atoms with Gasteiger partial charge in [0.1, 0.15) is 17.2 Å². The summed E-state index contributed by atoms with van der Waals surface area (Å²) in [7, 11) is 0. The molecule has 7 nitrogen and oxygen atoms in total. The molecule has 2 aliphatic rings. The van der Waals surface area contributed by atoms with E-state index in [-0.39, 0.29) is 23.1 Å². The molecule has 0 aliphatic carbocycles. The van der Waals surface area contributed by atoms with E-state index in [1.165, 1.54) is 23.5 Å². The molecular formula is C36H36F3N3O4S2. The average molecular weight is 696 g/mol. The lowest BCUT2D eigenvalue weighted by atomic mass is 10.00. The maximum atomic E-state index is 14.9. The Labute approximate surface area is 285 Å². The molecule has 0 radical (unpaired) electrons. The number of hydrogen-bond donors (Lipinski definition) is 0. The molecular weight excluding hydrogens is 660 g/mol. The van der Waals surface area contributed by atoms with E-state index in [0.29, 0.717) is 36.1 Å². The summed E-state index contributed by atoms with van der Waals surface area (Å²) in [5.41, 5.74) is 0.153. The van der Waals surface area contributed by atoms with Gasteiger partial charge in [-0.2, -0.15) is 5.10 Å². The predicted molar refractivity (Wildman–Crippen MR) is 183 cm³/mol. The molecule has 1 atom stereocenters. The predicted octanol–water partition coefficient (Wildman–Crippen LogP) is 10.4. The average Bonchev–Trinajstić information content (AvgIpc) is 3.60. The van der Waals surface area contributed by atoms with Crippen LogP contribution >= 0.6 is 23.1 Å². The minimum atomic E-state index is -3.29. The second kappa shape index (κ2) is 12.6. The van der Waals surface area contributed by atoms with E-state index < -0.39 is 22.9 Å². The third kappa shape index (κ3) is 6.62. The number of thiophene rings is 1. The standard InChI is InChI=1S/C36H36F3N3O4S2/c1-35(2,3)46-34(43)41-19-24(20-41)47-23-11-9-22(10-12-23)45-31-26-14-15-29-27(18-40-42(29)30-7-5-6-16-44-30)32(26)48-33(31)25-13-8-21(37)17-28(25)36(4,38)39/h8-15,17-18,24,30H,5-7,16,19-20H2,1-4H3. The van der Waals surface area contributed by atoms with Gasteiger partial charge in [0.05, 0.1) is 16.6 Å². The lowest BCUT2D eigenvalue weighted by Crippen LogP contribution is -2.53. The van der Waals surface area contributed by atoms with Gasteiger partial charge in [-0.1, -0.05) is 6.07 Å². The van der Waals surface area contributed by atoms with Gasteiger partial charge in [0, 0.05) is 63.4 Å². The molecule has 1 amide bonds. The van der Waals surface area contributed by atoms with Gasteiger partial charge in [0.2, 0.25) is 0 Å². The SMILES string of the molecule is CC(C)(C)OC(=O)N1CC(Sc2ccc(Oc3c(-c4ccc(F)cc4C(C)(F)F)sc4c3ccc3c4cnn3C3CCCCO3)cc2)C1. The van der Waals surface area contributed by atoms with Crippen LogP contribution in [0.1, 0.15) is 58.7 Å². The van der Waals surface area contributed by atoms with Crippen molar-refractivity contribution in [3.63, 3.8) is 0 Å². The molecule has 5 aromatic rings. The molecule has 0 spiro atoms. The van der Waals surface area contributed by atoms with Crippen molar-refractivity contribution in [2.75, 3.05) is 19.7 Å². The molecule has 4 heterocycles. The van der Waals surface area contributed by atoms with Gasteiger partial charge >= 0.3 is 6.09 Å². The van der Waals surface area contributed by atoms with Crippen molar-refractivity contribution in [3.05, 3.63) is 72.2 Å². The van der Waals surface area contributed by atoms with E-state index in [1.54, 1.807) is 22.9 Å². The Bertz CT molecular complexity index is 1970. The summed E-state index contributed by atoms with van der Waals surface area (Å²) in [6.07, 6.45) is 4.25. The fraction of sp³-hybridized carbons (Fsp3) is 0.389. The summed E-state index contributed by atoms with van der Waals surface area (Å²) < 4.78 is 64.8. The highest BCUT2D eigenvalue weighted by atomic mass is 32.2. The van der Waals surface area contributed by atoms with Crippen molar-refractivity contribution in [2.45, 2.75) is 74.9 Å². The maximum Gasteiger partial charge on any atom is 0.410 e. The molecule has 2 saturated heterocycles. The Morgan fingerprint density at radius 2 is 1.79 bits per heavy atom. The first kappa shape index (κ1) is 32.8. The van der Waals surface area contributed by atoms with Crippen molar-refractivity contribution in [1.82, 2.24) is 14.7 Å². The number of amides is 1. The highest BCUT2D eigenvalue weighted by molar-refractivity contribution is 8.00. The van der Waals surface area contributed by atoms with Crippen molar-refractivity contribution >= 4 is 50.2 Å². The Kier molecular flexibility index (Phi) is 8.62. The van der Waals surface area contributed by atoms with Crippen molar-refractivity contribution in [2.24, 2.45) is 0 Å². The van der Waals surface area contributed by atoms with Gasteiger partial charge in [0.15, 0.2) is 12.0 Å². The van der Waals surface area contributed by atoms with Gasteiger partial charge in [-0.15, -0.1) is 23.1 Å². The van der Waals surface area contributed by atoms with Crippen LogP contribution < -0.4 is 4.74 Å². The van der Waals surface area contributed by atoms with Crippen molar-refractivity contribution in [1.29, 1.82) is 0 Å². The summed E-state index contributed by atoms with van der Waals surface area (Å²) in [5.74, 6) is -3.07. The van der Waals surface area contributed by atoms with Crippen molar-refractivity contribution in [3.8, 4) is 21.9 Å². The molecule has 48 heavy (non-hydrogen) atoms. The molecule has 7 rings (SSSR count). The molecule has 2 aromatic heterocycles. The minimum absolute atomic E-state index is 0.164. The zero-order chi connectivity index (χ0) is 33.8. The van der Waals surface area contributed by atoms with Crippen LogP contribution in [0, 0.1) is 5.82 Å². The summed E-state index contributed by atoms with van der Waals surface area (Å²) in [6.45, 7) is 8.20. The molecule has 0 bridgehead atoms. The van der Waals surface area contributed by atoms with Crippen LogP contribution in [-0.4, -0.2) is 51.3 Å². The van der Waals surface area contributed by atoms with Gasteiger partial charge in [0.25, 0.3) is 5.92 Å². The first-order valence-electron chi connectivity index (χ1n) is 16.0. The van der Waals surface area contributed by atoms with E-state index in [1.807, 2.05) is 61.9 Å². The number of likely N-dealkylation sites (tertiary alicyclic amines) is 1. The Balaban J connectivity index is 1.20. The number of carbonyl (C=O) groups excluding carboxylic acids is 1. The Hall–Kier alpha value is -3.74. The molecule has 2 aliphatic heterocycles. The van der Waals surface area contributed by atoms with Gasteiger partial charge in [-0.05, 0) is 88.6 Å². The van der Waals surface area contributed by atoms with Crippen LogP contribution in [0.4, 0.5) is 18.0 Å². The topological polar surface area (TPSA) is 65.8 Å². The molecule has 1 unspecified atom stereocenters. The first-order valence-corrected chi connectivity index (χ1v) is 17.7. The summed E-state index contributed by atoms with van der Waals surface area (Å²) in [6, 6.07) is 15.0.